The molecule has 0 spiro atoms. The second-order valence-corrected chi connectivity index (χ2v) is 5.67. The number of nitriles is 1. The van der Waals surface area contributed by atoms with Crippen molar-refractivity contribution in [2.24, 2.45) is 0 Å². The van der Waals surface area contributed by atoms with Crippen LogP contribution in [0.15, 0.2) is 35.8 Å². The van der Waals surface area contributed by atoms with Gasteiger partial charge in [-0.3, -0.25) is 10.2 Å². The second-order valence-electron chi connectivity index (χ2n) is 4.81. The minimum absolute atomic E-state index is 0.306. The summed E-state index contributed by atoms with van der Waals surface area (Å²) in [5.41, 5.74) is 6.11. The number of carbonyl (C=O) groups is 1. The fourth-order valence-corrected chi connectivity index (χ4v) is 2.43. The Kier molecular flexibility index (Phi) is 5.87. The van der Waals surface area contributed by atoms with Crippen LogP contribution >= 0.6 is 11.3 Å². The molecule has 1 aromatic carbocycles. The van der Waals surface area contributed by atoms with E-state index in [1.54, 1.807) is 6.92 Å². The molecule has 124 valence electrons. The molecule has 0 saturated carbocycles. The fourth-order valence-electron chi connectivity index (χ4n) is 1.67. The Balaban J connectivity index is 1.88. The molecule has 1 heterocycles. The smallest absolute Gasteiger partial charge is 0.279 e. The third kappa shape index (κ3) is 4.79. The maximum atomic E-state index is 12.8. The monoisotopic (exact) mass is 346 g/mol. The average molecular weight is 346 g/mol. The number of nitrogens with one attached hydrogen (secondary N) is 2. The van der Waals surface area contributed by atoms with Gasteiger partial charge in [0.1, 0.15) is 28.2 Å². The molecule has 2 N–H and O–H groups in total. The number of hydrogen-bond acceptors (Lipinski definition) is 6. The van der Waals surface area contributed by atoms with Crippen molar-refractivity contribution in [1.29, 1.82) is 5.26 Å². The summed E-state index contributed by atoms with van der Waals surface area (Å²) < 4.78 is 18.2. The number of hydrazine groups is 1. The number of rotatable bonds is 6. The lowest BCUT2D eigenvalue weighted by Crippen LogP contribution is -2.42. The summed E-state index contributed by atoms with van der Waals surface area (Å²) in [7, 11) is 0. The van der Waals surface area contributed by atoms with Crippen LogP contribution in [0, 0.1) is 24.1 Å². The quantitative estimate of drug-likeness (QED) is 0.620. The first-order valence-corrected chi connectivity index (χ1v) is 7.88. The first-order chi connectivity index (χ1) is 11.5. The highest BCUT2D eigenvalue weighted by Crippen LogP contribution is 2.17. The molecule has 0 aliphatic carbocycles. The number of allylic oxidation sites excluding steroid dienone is 1. The SMILES string of the molecule is Cc1csc(/C(C#N)=C/NNC(=O)[C@H](C)Oc2ccc(F)cc2)n1. The van der Waals surface area contributed by atoms with E-state index in [4.69, 9.17) is 10.00 Å². The van der Waals surface area contributed by atoms with E-state index < -0.39 is 12.0 Å². The molecule has 0 radical (unpaired) electrons. The maximum Gasteiger partial charge on any atom is 0.279 e. The molecule has 2 rings (SSSR count). The molecule has 1 amide bonds. The standard InChI is InChI=1S/C16H15FN4O2S/c1-10-9-24-16(20-10)12(7-18)8-19-21-15(22)11(2)23-14-5-3-13(17)4-6-14/h3-6,8-9,11,19H,1-2H3,(H,21,22)/b12-8+/t11-/m0/s1. The Bertz CT molecular complexity index is 780. The van der Waals surface area contributed by atoms with Gasteiger partial charge >= 0.3 is 0 Å². The largest absolute Gasteiger partial charge is 0.481 e. The van der Waals surface area contributed by atoms with Crippen molar-refractivity contribution < 1.29 is 13.9 Å². The maximum absolute atomic E-state index is 12.8. The Morgan fingerprint density at radius 1 is 1.46 bits per heavy atom. The zero-order valence-corrected chi connectivity index (χ0v) is 13.9. The highest BCUT2D eigenvalue weighted by atomic mass is 32.1. The number of ether oxygens (including phenoxy) is 1. The summed E-state index contributed by atoms with van der Waals surface area (Å²) in [5.74, 6) is -0.443. The van der Waals surface area contributed by atoms with E-state index in [0.717, 1.165) is 5.69 Å². The molecule has 0 unspecified atom stereocenters. The van der Waals surface area contributed by atoms with Gasteiger partial charge in [-0.15, -0.1) is 11.3 Å². The molecule has 6 nitrogen and oxygen atoms in total. The molecule has 1 atom stereocenters. The van der Waals surface area contributed by atoms with E-state index in [9.17, 15) is 9.18 Å². The third-order valence-corrected chi connectivity index (χ3v) is 3.87. The predicted molar refractivity (Wildman–Crippen MR) is 88.2 cm³/mol. The summed E-state index contributed by atoms with van der Waals surface area (Å²) >= 11 is 1.34. The van der Waals surface area contributed by atoms with Crippen LogP contribution in [0.2, 0.25) is 0 Å². The highest BCUT2D eigenvalue weighted by molar-refractivity contribution is 7.10. The molecule has 0 saturated heterocycles. The van der Waals surface area contributed by atoms with Crippen molar-refractivity contribution in [2.75, 3.05) is 0 Å². The topological polar surface area (TPSA) is 87.0 Å². The van der Waals surface area contributed by atoms with Crippen molar-refractivity contribution in [2.45, 2.75) is 20.0 Å². The molecule has 1 aromatic heterocycles. The number of benzene rings is 1. The van der Waals surface area contributed by atoms with Gasteiger partial charge in [0.15, 0.2) is 6.10 Å². The van der Waals surface area contributed by atoms with Crippen molar-refractivity contribution in [1.82, 2.24) is 15.8 Å². The Labute approximate surface area is 142 Å². The molecule has 8 heteroatoms. The zero-order valence-electron chi connectivity index (χ0n) is 13.0. The van der Waals surface area contributed by atoms with Gasteiger partial charge < -0.3 is 10.2 Å². The number of aryl methyl sites for hydroxylation is 1. The molecular weight excluding hydrogens is 331 g/mol. The van der Waals surface area contributed by atoms with Gasteiger partial charge in [-0.05, 0) is 38.1 Å². The lowest BCUT2D eigenvalue weighted by atomic mass is 10.3. The van der Waals surface area contributed by atoms with Crippen molar-refractivity contribution in [3.8, 4) is 11.8 Å². The molecule has 2 aromatic rings. The van der Waals surface area contributed by atoms with Gasteiger partial charge in [-0.1, -0.05) is 0 Å². The number of halogens is 1. The van der Waals surface area contributed by atoms with Crippen LogP contribution in [0.4, 0.5) is 4.39 Å². The fraction of sp³-hybridized carbons (Fsp3) is 0.188. The lowest BCUT2D eigenvalue weighted by molar-refractivity contribution is -0.127. The van der Waals surface area contributed by atoms with Crippen molar-refractivity contribution >= 4 is 22.8 Å². The van der Waals surface area contributed by atoms with E-state index in [1.165, 1.54) is 41.8 Å². The summed E-state index contributed by atoms with van der Waals surface area (Å²) in [6, 6.07) is 7.37. The van der Waals surface area contributed by atoms with Crippen molar-refractivity contribution in [3.63, 3.8) is 0 Å². The van der Waals surface area contributed by atoms with Gasteiger partial charge in [0.25, 0.3) is 5.91 Å². The Hall–Kier alpha value is -2.92. The van der Waals surface area contributed by atoms with Gasteiger partial charge in [0.2, 0.25) is 0 Å². The predicted octanol–water partition coefficient (Wildman–Crippen LogP) is 2.54. The summed E-state index contributed by atoms with van der Waals surface area (Å²) in [5, 5.41) is 11.5. The molecule has 0 aliphatic rings. The van der Waals surface area contributed by atoms with Gasteiger partial charge in [0.05, 0.1) is 0 Å². The first-order valence-electron chi connectivity index (χ1n) is 7.00. The van der Waals surface area contributed by atoms with E-state index >= 15 is 0 Å². The van der Waals surface area contributed by atoms with Gasteiger partial charge in [-0.2, -0.15) is 5.26 Å². The van der Waals surface area contributed by atoms with Crippen LogP contribution < -0.4 is 15.6 Å². The average Bonchev–Trinajstić information content (AvgIpc) is 2.99. The molecule has 0 fully saturated rings. The molecule has 0 bridgehead atoms. The van der Waals surface area contributed by atoms with E-state index in [-0.39, 0.29) is 5.82 Å². The Morgan fingerprint density at radius 2 is 2.17 bits per heavy atom. The summed E-state index contributed by atoms with van der Waals surface area (Å²) in [4.78, 5) is 16.1. The number of hydrogen-bond donors (Lipinski definition) is 2. The highest BCUT2D eigenvalue weighted by Gasteiger charge is 2.14. The number of thiazole rings is 1. The van der Waals surface area contributed by atoms with E-state index in [2.05, 4.69) is 15.8 Å². The van der Waals surface area contributed by atoms with Crippen LogP contribution in [0.3, 0.4) is 0 Å². The third-order valence-electron chi connectivity index (χ3n) is 2.88. The number of aromatic nitrogens is 1. The molecule has 0 aliphatic heterocycles. The lowest BCUT2D eigenvalue weighted by Gasteiger charge is -2.14. The Morgan fingerprint density at radius 3 is 2.75 bits per heavy atom. The van der Waals surface area contributed by atoms with Crippen LogP contribution in [-0.4, -0.2) is 17.0 Å². The normalized spacial score (nSPS) is 12.2. The minimum Gasteiger partial charge on any atom is -0.481 e. The zero-order chi connectivity index (χ0) is 17.5. The van der Waals surface area contributed by atoms with Crippen LogP contribution in [-0.2, 0) is 4.79 Å². The van der Waals surface area contributed by atoms with Gasteiger partial charge in [0, 0.05) is 17.3 Å². The number of nitrogens with zero attached hydrogens (tertiary/aromatic N) is 2. The second kappa shape index (κ2) is 8.08. The van der Waals surface area contributed by atoms with Crippen molar-refractivity contribution in [3.05, 3.63) is 52.4 Å². The summed E-state index contributed by atoms with van der Waals surface area (Å²) in [6.45, 7) is 3.39. The van der Waals surface area contributed by atoms with Gasteiger partial charge in [-0.25, -0.2) is 9.37 Å². The summed E-state index contributed by atoms with van der Waals surface area (Å²) in [6.07, 6.45) is 0.560. The molecule has 24 heavy (non-hydrogen) atoms. The van der Waals surface area contributed by atoms with E-state index in [0.29, 0.717) is 16.3 Å². The van der Waals surface area contributed by atoms with Crippen LogP contribution in [0.1, 0.15) is 17.6 Å². The molecular formula is C16H15FN4O2S. The van der Waals surface area contributed by atoms with E-state index in [1.807, 2.05) is 18.4 Å². The van der Waals surface area contributed by atoms with Crippen LogP contribution in [0.25, 0.3) is 5.57 Å². The number of carbonyl (C=O) groups excluding carboxylic acids is 1. The first kappa shape index (κ1) is 17.4. The number of amides is 1. The minimum atomic E-state index is -0.802. The van der Waals surface area contributed by atoms with Crippen LogP contribution in [0.5, 0.6) is 5.75 Å².